The van der Waals surface area contributed by atoms with E-state index in [-0.39, 0.29) is 18.8 Å². The van der Waals surface area contributed by atoms with Crippen molar-refractivity contribution in [2.24, 2.45) is 17.4 Å². The van der Waals surface area contributed by atoms with E-state index in [1.165, 1.54) is 0 Å². The molecule has 3 atom stereocenters. The number of benzene rings is 1. The average Bonchev–Trinajstić information content (AvgIpc) is 2.66. The molecule has 28 heavy (non-hydrogen) atoms. The Morgan fingerprint density at radius 1 is 1.00 bits per heavy atom. The van der Waals surface area contributed by atoms with Gasteiger partial charge in [-0.15, -0.1) is 0 Å². The summed E-state index contributed by atoms with van der Waals surface area (Å²) in [5.41, 5.74) is 12.2. The molecule has 0 aromatic heterocycles. The lowest BCUT2D eigenvalue weighted by Gasteiger charge is -2.24. The molecule has 0 radical (unpaired) electrons. The van der Waals surface area contributed by atoms with Crippen LogP contribution in [0.3, 0.4) is 0 Å². The summed E-state index contributed by atoms with van der Waals surface area (Å²) in [4.78, 5) is 36.6. The van der Waals surface area contributed by atoms with Crippen molar-refractivity contribution < 1.29 is 19.5 Å². The number of unbranched alkanes of at least 4 members (excludes halogenated alkanes) is 1. The van der Waals surface area contributed by atoms with Crippen molar-refractivity contribution in [3.63, 3.8) is 0 Å². The van der Waals surface area contributed by atoms with Gasteiger partial charge >= 0.3 is 5.97 Å². The van der Waals surface area contributed by atoms with Gasteiger partial charge in [0.05, 0.1) is 6.04 Å². The zero-order valence-corrected chi connectivity index (χ0v) is 16.6. The molecule has 8 heteroatoms. The van der Waals surface area contributed by atoms with E-state index >= 15 is 0 Å². The zero-order valence-electron chi connectivity index (χ0n) is 16.6. The van der Waals surface area contributed by atoms with Gasteiger partial charge in [-0.1, -0.05) is 44.2 Å². The summed E-state index contributed by atoms with van der Waals surface area (Å²) in [5, 5.41) is 14.6. The summed E-state index contributed by atoms with van der Waals surface area (Å²) >= 11 is 0. The fraction of sp³-hybridized carbons (Fsp3) is 0.550. The van der Waals surface area contributed by atoms with Gasteiger partial charge < -0.3 is 27.2 Å². The molecule has 7 N–H and O–H groups in total. The number of carbonyl (C=O) groups excluding carboxylic acids is 2. The van der Waals surface area contributed by atoms with Gasteiger partial charge in [0.2, 0.25) is 11.8 Å². The molecule has 0 bridgehead atoms. The second-order valence-electron chi connectivity index (χ2n) is 7.20. The Hall–Kier alpha value is -2.45. The molecule has 8 nitrogen and oxygen atoms in total. The van der Waals surface area contributed by atoms with Gasteiger partial charge in [0, 0.05) is 6.42 Å². The summed E-state index contributed by atoms with van der Waals surface area (Å²) in [7, 11) is 0. The van der Waals surface area contributed by atoms with Gasteiger partial charge in [0.1, 0.15) is 12.1 Å². The minimum atomic E-state index is -1.12. The first-order valence-corrected chi connectivity index (χ1v) is 9.59. The van der Waals surface area contributed by atoms with Crippen LogP contribution in [0.15, 0.2) is 30.3 Å². The Labute approximate surface area is 166 Å². The maximum absolute atomic E-state index is 12.8. The van der Waals surface area contributed by atoms with Gasteiger partial charge in [-0.25, -0.2) is 4.79 Å². The number of carboxylic acid groups (broad SMARTS) is 1. The molecule has 0 unspecified atom stereocenters. The Balaban J connectivity index is 2.90. The molecule has 0 aliphatic rings. The van der Waals surface area contributed by atoms with Gasteiger partial charge in [-0.3, -0.25) is 9.59 Å². The number of nitrogens with one attached hydrogen (secondary N) is 2. The molecule has 0 saturated heterocycles. The topological polar surface area (TPSA) is 148 Å². The lowest BCUT2D eigenvalue weighted by Crippen LogP contribution is -2.56. The maximum atomic E-state index is 12.8. The molecule has 2 amide bonds. The van der Waals surface area contributed by atoms with E-state index in [1.54, 1.807) is 0 Å². The largest absolute Gasteiger partial charge is 0.480 e. The number of hydrogen-bond donors (Lipinski definition) is 5. The molecule has 1 aromatic carbocycles. The molecular weight excluding hydrogens is 360 g/mol. The lowest BCUT2D eigenvalue weighted by molar-refractivity contribution is -0.142. The molecule has 0 aliphatic carbocycles. The SMILES string of the molecule is CC(C)[C@H](N)C(=O)N[C@@H](Cc1ccccc1)C(=O)N[C@@H](CCCCN)C(=O)O. The van der Waals surface area contributed by atoms with Crippen molar-refractivity contribution in [2.45, 2.75) is 57.7 Å². The van der Waals surface area contributed by atoms with Gasteiger partial charge in [0.25, 0.3) is 0 Å². The van der Waals surface area contributed by atoms with Crippen LogP contribution in [0.25, 0.3) is 0 Å². The second kappa shape index (κ2) is 12.1. The summed E-state index contributed by atoms with van der Waals surface area (Å²) < 4.78 is 0. The number of carbonyl (C=O) groups is 3. The maximum Gasteiger partial charge on any atom is 0.326 e. The average molecular weight is 393 g/mol. The predicted molar refractivity (Wildman–Crippen MR) is 107 cm³/mol. The van der Waals surface area contributed by atoms with Crippen LogP contribution in [0, 0.1) is 5.92 Å². The van der Waals surface area contributed by atoms with Crippen LogP contribution in [-0.4, -0.2) is 47.6 Å². The highest BCUT2D eigenvalue weighted by molar-refractivity contribution is 5.92. The Morgan fingerprint density at radius 2 is 1.61 bits per heavy atom. The molecule has 1 aromatic rings. The van der Waals surface area contributed by atoms with E-state index in [0.717, 1.165) is 5.56 Å². The molecule has 0 spiro atoms. The van der Waals surface area contributed by atoms with Crippen molar-refractivity contribution in [1.29, 1.82) is 0 Å². The standard InChI is InChI=1S/C20H32N4O4/c1-13(2)17(22)19(26)24-16(12-14-8-4-3-5-9-14)18(25)23-15(20(27)28)10-6-7-11-21/h3-5,8-9,13,15-17H,6-7,10-12,21-22H2,1-2H3,(H,23,25)(H,24,26)(H,27,28)/t15-,16-,17-/m0/s1. The summed E-state index contributed by atoms with van der Waals surface area (Å²) in [6.45, 7) is 4.09. The molecule has 0 fully saturated rings. The highest BCUT2D eigenvalue weighted by Gasteiger charge is 2.28. The fourth-order valence-corrected chi connectivity index (χ4v) is 2.65. The quantitative estimate of drug-likeness (QED) is 0.325. The Morgan fingerprint density at radius 3 is 2.14 bits per heavy atom. The minimum Gasteiger partial charge on any atom is -0.480 e. The third-order valence-electron chi connectivity index (χ3n) is 4.50. The number of hydrogen-bond acceptors (Lipinski definition) is 5. The van der Waals surface area contributed by atoms with Gasteiger partial charge in [-0.2, -0.15) is 0 Å². The fourth-order valence-electron chi connectivity index (χ4n) is 2.65. The first-order valence-electron chi connectivity index (χ1n) is 9.59. The number of rotatable bonds is 12. The molecule has 1 rings (SSSR count). The van der Waals surface area contributed by atoms with Crippen LogP contribution in [0.4, 0.5) is 0 Å². The first kappa shape index (κ1) is 23.6. The van der Waals surface area contributed by atoms with Crippen molar-refractivity contribution in [3.05, 3.63) is 35.9 Å². The number of nitrogens with two attached hydrogens (primary N) is 2. The smallest absolute Gasteiger partial charge is 0.326 e. The number of amides is 2. The van der Waals surface area contributed by atoms with Crippen LogP contribution in [0.1, 0.15) is 38.7 Å². The van der Waals surface area contributed by atoms with Crippen molar-refractivity contribution >= 4 is 17.8 Å². The van der Waals surface area contributed by atoms with Crippen LogP contribution >= 0.6 is 0 Å². The molecule has 0 heterocycles. The van der Waals surface area contributed by atoms with E-state index in [9.17, 15) is 19.5 Å². The lowest BCUT2D eigenvalue weighted by atomic mass is 10.0. The monoisotopic (exact) mass is 392 g/mol. The number of aliphatic carboxylic acids is 1. The third-order valence-corrected chi connectivity index (χ3v) is 4.50. The second-order valence-corrected chi connectivity index (χ2v) is 7.20. The highest BCUT2D eigenvalue weighted by Crippen LogP contribution is 2.07. The van der Waals surface area contributed by atoms with Gasteiger partial charge in [-0.05, 0) is 37.3 Å². The summed E-state index contributed by atoms with van der Waals surface area (Å²) in [6, 6.07) is 6.48. The predicted octanol–water partition coefficient (Wildman–Crippen LogP) is 0.396. The molecular formula is C20H32N4O4. The molecule has 156 valence electrons. The van der Waals surface area contributed by atoms with Crippen molar-refractivity contribution in [3.8, 4) is 0 Å². The van der Waals surface area contributed by atoms with Crippen LogP contribution in [-0.2, 0) is 20.8 Å². The zero-order chi connectivity index (χ0) is 21.1. The summed E-state index contributed by atoms with van der Waals surface area (Å²) in [6.07, 6.45) is 1.77. The van der Waals surface area contributed by atoms with E-state index in [0.29, 0.717) is 19.4 Å². The van der Waals surface area contributed by atoms with E-state index in [1.807, 2.05) is 44.2 Å². The van der Waals surface area contributed by atoms with E-state index in [4.69, 9.17) is 11.5 Å². The van der Waals surface area contributed by atoms with E-state index < -0.39 is 35.9 Å². The first-order chi connectivity index (χ1) is 13.3. The Kier molecular flexibility index (Phi) is 10.2. The van der Waals surface area contributed by atoms with Crippen LogP contribution in [0.5, 0.6) is 0 Å². The van der Waals surface area contributed by atoms with Crippen molar-refractivity contribution in [2.75, 3.05) is 6.54 Å². The van der Waals surface area contributed by atoms with Crippen LogP contribution in [0.2, 0.25) is 0 Å². The Bertz CT molecular complexity index is 636. The molecule has 0 aliphatic heterocycles. The number of carboxylic acids is 1. The highest BCUT2D eigenvalue weighted by atomic mass is 16.4. The van der Waals surface area contributed by atoms with Gasteiger partial charge in [0.15, 0.2) is 0 Å². The normalized spacial score (nSPS) is 14.2. The molecule has 0 saturated carbocycles. The summed E-state index contributed by atoms with van der Waals surface area (Å²) in [5.74, 6) is -2.20. The minimum absolute atomic E-state index is 0.0940. The van der Waals surface area contributed by atoms with Crippen LogP contribution < -0.4 is 22.1 Å². The van der Waals surface area contributed by atoms with E-state index in [2.05, 4.69) is 10.6 Å². The third kappa shape index (κ3) is 8.06. The van der Waals surface area contributed by atoms with Crippen molar-refractivity contribution in [1.82, 2.24) is 10.6 Å².